The van der Waals surface area contributed by atoms with Gasteiger partial charge in [0.25, 0.3) is 0 Å². The van der Waals surface area contributed by atoms with Crippen LogP contribution in [0.3, 0.4) is 0 Å². The Morgan fingerprint density at radius 1 is 1.00 bits per heavy atom. The lowest BCUT2D eigenvalue weighted by molar-refractivity contribution is 0.929. The van der Waals surface area contributed by atoms with Crippen molar-refractivity contribution in [1.29, 1.82) is 0 Å². The van der Waals surface area contributed by atoms with Crippen molar-refractivity contribution in [2.45, 2.75) is 6.54 Å². The number of nitrogens with one attached hydrogen (secondary N) is 1. The molecule has 0 bridgehead atoms. The summed E-state index contributed by atoms with van der Waals surface area (Å²) in [6.45, 7) is 0.694. The lowest BCUT2D eigenvalue weighted by Crippen LogP contribution is -2.21. The van der Waals surface area contributed by atoms with Gasteiger partial charge in [0.05, 0.1) is 10.0 Å². The first-order chi connectivity index (χ1) is 8.66. The number of halogens is 2. The van der Waals surface area contributed by atoms with Crippen molar-refractivity contribution in [3.8, 4) is 0 Å². The van der Waals surface area contributed by atoms with E-state index < -0.39 is 0 Å². The van der Waals surface area contributed by atoms with E-state index >= 15 is 0 Å². The Balaban J connectivity index is 2.02. The van der Waals surface area contributed by atoms with Crippen LogP contribution in [0, 0.1) is 0 Å². The molecule has 0 saturated heterocycles. The molecule has 0 atom stereocenters. The predicted molar refractivity (Wildman–Crippen MR) is 81.4 cm³/mol. The zero-order valence-corrected chi connectivity index (χ0v) is 11.8. The Morgan fingerprint density at radius 2 is 1.72 bits per heavy atom. The van der Waals surface area contributed by atoms with Gasteiger partial charge in [0.2, 0.25) is 0 Å². The van der Waals surface area contributed by atoms with Crippen LogP contribution >= 0.6 is 35.4 Å². The normalized spacial score (nSPS) is 10.1. The van der Waals surface area contributed by atoms with Gasteiger partial charge in [-0.15, -0.1) is 0 Å². The van der Waals surface area contributed by atoms with Crippen LogP contribution in [-0.4, -0.2) is 4.99 Å². The number of hydrogen-bond acceptors (Lipinski definition) is 1. The third-order valence-corrected chi connectivity index (χ3v) is 3.60. The second-order valence-corrected chi connectivity index (χ2v) is 5.02. The molecule has 18 heavy (non-hydrogen) atoms. The van der Waals surface area contributed by atoms with Gasteiger partial charge in [0.1, 0.15) is 4.99 Å². The Labute approximate surface area is 122 Å². The molecular formula is C14H11Cl2NS. The van der Waals surface area contributed by atoms with Gasteiger partial charge in [-0.3, -0.25) is 0 Å². The Kier molecular flexibility index (Phi) is 4.59. The van der Waals surface area contributed by atoms with E-state index in [0.717, 1.165) is 5.56 Å². The highest BCUT2D eigenvalue weighted by Gasteiger charge is 2.04. The van der Waals surface area contributed by atoms with Crippen LogP contribution in [0.1, 0.15) is 11.1 Å². The van der Waals surface area contributed by atoms with Crippen LogP contribution in [0.5, 0.6) is 0 Å². The fraction of sp³-hybridized carbons (Fsp3) is 0.0714. The fourth-order valence-corrected chi connectivity index (χ4v) is 2.01. The fourth-order valence-electron chi connectivity index (χ4n) is 1.52. The van der Waals surface area contributed by atoms with Crippen molar-refractivity contribution in [1.82, 2.24) is 5.32 Å². The molecule has 4 heteroatoms. The topological polar surface area (TPSA) is 12.0 Å². The first-order valence-electron chi connectivity index (χ1n) is 5.44. The van der Waals surface area contributed by atoms with E-state index in [1.807, 2.05) is 36.4 Å². The zero-order valence-electron chi connectivity index (χ0n) is 9.49. The summed E-state index contributed by atoms with van der Waals surface area (Å²) in [5, 5.41) is 4.24. The zero-order chi connectivity index (χ0) is 13.0. The van der Waals surface area contributed by atoms with E-state index in [1.54, 1.807) is 12.1 Å². The molecule has 0 unspecified atom stereocenters. The van der Waals surface area contributed by atoms with E-state index in [0.29, 0.717) is 21.6 Å². The first kappa shape index (κ1) is 13.3. The highest BCUT2D eigenvalue weighted by molar-refractivity contribution is 7.80. The van der Waals surface area contributed by atoms with E-state index in [4.69, 9.17) is 35.4 Å². The molecule has 1 N–H and O–H groups in total. The molecule has 0 amide bonds. The minimum absolute atomic E-state index is 0.512. The maximum atomic E-state index is 5.96. The standard InChI is InChI=1S/C14H11Cl2NS/c15-12-7-6-11(8-13(12)16)14(18)17-9-10-4-2-1-3-5-10/h1-8H,9H2,(H,17,18). The van der Waals surface area contributed by atoms with Crippen LogP contribution in [0.15, 0.2) is 48.5 Å². The summed E-state index contributed by atoms with van der Waals surface area (Å²) in [6, 6.07) is 15.4. The molecule has 0 spiro atoms. The second kappa shape index (κ2) is 6.19. The molecule has 2 aromatic carbocycles. The molecule has 0 fully saturated rings. The average molecular weight is 296 g/mol. The van der Waals surface area contributed by atoms with Crippen LogP contribution in [0.2, 0.25) is 10.0 Å². The quantitative estimate of drug-likeness (QED) is 0.839. The maximum Gasteiger partial charge on any atom is 0.106 e. The van der Waals surface area contributed by atoms with Gasteiger partial charge in [-0.2, -0.15) is 0 Å². The van der Waals surface area contributed by atoms with Gasteiger partial charge in [0, 0.05) is 12.1 Å². The number of rotatable bonds is 3. The third-order valence-electron chi connectivity index (χ3n) is 2.48. The molecule has 92 valence electrons. The minimum Gasteiger partial charge on any atom is -0.372 e. The molecule has 0 radical (unpaired) electrons. The van der Waals surface area contributed by atoms with Crippen molar-refractivity contribution >= 4 is 40.4 Å². The number of benzene rings is 2. The Hall–Kier alpha value is -1.09. The van der Waals surface area contributed by atoms with Crippen LogP contribution in [0.25, 0.3) is 0 Å². The molecule has 0 aliphatic rings. The molecule has 1 nitrogen and oxygen atoms in total. The smallest absolute Gasteiger partial charge is 0.106 e. The first-order valence-corrected chi connectivity index (χ1v) is 6.60. The van der Waals surface area contributed by atoms with Crippen molar-refractivity contribution < 1.29 is 0 Å². The molecule has 2 aromatic rings. The Bertz CT molecular complexity index is 555. The Morgan fingerprint density at radius 3 is 2.39 bits per heavy atom. The van der Waals surface area contributed by atoms with Crippen LogP contribution in [-0.2, 0) is 6.54 Å². The van der Waals surface area contributed by atoms with Gasteiger partial charge in [-0.25, -0.2) is 0 Å². The highest BCUT2D eigenvalue weighted by atomic mass is 35.5. The summed E-state index contributed by atoms with van der Waals surface area (Å²) in [5.74, 6) is 0. The lowest BCUT2D eigenvalue weighted by Gasteiger charge is -2.09. The summed E-state index contributed by atoms with van der Waals surface area (Å²) < 4.78 is 0. The SMILES string of the molecule is S=C(NCc1ccccc1)c1ccc(Cl)c(Cl)c1. The van der Waals surface area contributed by atoms with Gasteiger partial charge in [-0.1, -0.05) is 71.8 Å². The highest BCUT2D eigenvalue weighted by Crippen LogP contribution is 2.22. The van der Waals surface area contributed by atoms with Crippen LogP contribution < -0.4 is 5.32 Å². The molecule has 0 aliphatic carbocycles. The molecule has 0 aromatic heterocycles. The van der Waals surface area contributed by atoms with Crippen molar-refractivity contribution in [3.05, 3.63) is 69.7 Å². The molecule has 0 heterocycles. The van der Waals surface area contributed by atoms with Crippen LogP contribution in [0.4, 0.5) is 0 Å². The molecular weight excluding hydrogens is 285 g/mol. The monoisotopic (exact) mass is 295 g/mol. The van der Waals surface area contributed by atoms with Crippen molar-refractivity contribution in [3.63, 3.8) is 0 Å². The summed E-state index contributed by atoms with van der Waals surface area (Å²) >= 11 is 17.1. The largest absolute Gasteiger partial charge is 0.372 e. The lowest BCUT2D eigenvalue weighted by atomic mass is 10.2. The van der Waals surface area contributed by atoms with E-state index in [9.17, 15) is 0 Å². The minimum atomic E-state index is 0.512. The van der Waals surface area contributed by atoms with Gasteiger partial charge < -0.3 is 5.32 Å². The number of hydrogen-bond donors (Lipinski definition) is 1. The summed E-state index contributed by atoms with van der Waals surface area (Å²) in [7, 11) is 0. The van der Waals surface area contributed by atoms with Crippen molar-refractivity contribution in [2.75, 3.05) is 0 Å². The number of thiocarbonyl (C=S) groups is 1. The van der Waals surface area contributed by atoms with Gasteiger partial charge >= 0.3 is 0 Å². The maximum absolute atomic E-state index is 5.96. The third kappa shape index (κ3) is 3.45. The van der Waals surface area contributed by atoms with Crippen molar-refractivity contribution in [2.24, 2.45) is 0 Å². The van der Waals surface area contributed by atoms with E-state index in [1.165, 1.54) is 5.56 Å². The molecule has 0 saturated carbocycles. The van der Waals surface area contributed by atoms with E-state index in [-0.39, 0.29) is 0 Å². The summed E-state index contributed by atoms with van der Waals surface area (Å²) in [6.07, 6.45) is 0. The molecule has 0 aliphatic heterocycles. The van der Waals surface area contributed by atoms with E-state index in [2.05, 4.69) is 5.32 Å². The molecule has 2 rings (SSSR count). The average Bonchev–Trinajstić information content (AvgIpc) is 2.40. The van der Waals surface area contributed by atoms with Gasteiger partial charge in [-0.05, 0) is 17.7 Å². The summed E-state index contributed by atoms with van der Waals surface area (Å²) in [5.41, 5.74) is 2.05. The predicted octanol–water partition coefficient (Wildman–Crippen LogP) is 4.46. The summed E-state index contributed by atoms with van der Waals surface area (Å²) in [4.78, 5) is 0.664. The van der Waals surface area contributed by atoms with Gasteiger partial charge in [0.15, 0.2) is 0 Å². The second-order valence-electron chi connectivity index (χ2n) is 3.80.